The van der Waals surface area contributed by atoms with Crippen LogP contribution in [-0.4, -0.2) is 29.1 Å². The number of fused-ring (bicyclic) bond motifs is 10. The van der Waals surface area contributed by atoms with Gasteiger partial charge in [0.05, 0.1) is 22.2 Å². The monoisotopic (exact) mass is 522 g/mol. The first-order valence-corrected chi connectivity index (χ1v) is 13.6. The maximum Gasteiger partial charge on any atom is 0.125 e. The second kappa shape index (κ2) is 8.85. The van der Waals surface area contributed by atoms with Crippen molar-refractivity contribution >= 4 is 0 Å². The van der Waals surface area contributed by atoms with Gasteiger partial charge in [-0.2, -0.15) is 0 Å². The van der Waals surface area contributed by atoms with Crippen molar-refractivity contribution < 1.29 is 0 Å². The molecule has 0 N–H and O–H groups in total. The van der Waals surface area contributed by atoms with E-state index in [1.165, 1.54) is 0 Å². The van der Waals surface area contributed by atoms with Gasteiger partial charge >= 0.3 is 0 Å². The third-order valence-corrected chi connectivity index (χ3v) is 7.99. The summed E-state index contributed by atoms with van der Waals surface area (Å²) in [6, 6.07) is 29.2. The Balaban J connectivity index is 1.58. The zero-order chi connectivity index (χ0) is 27.5. The Kier molecular flexibility index (Phi) is 5.36. The molecule has 6 aromatic rings. The third kappa shape index (κ3) is 3.79. The second-order valence-corrected chi connectivity index (χ2v) is 11.4. The van der Waals surface area contributed by atoms with Crippen LogP contribution < -0.4 is 0 Å². The maximum atomic E-state index is 5.27. The highest BCUT2D eigenvalue weighted by Crippen LogP contribution is 2.39. The third-order valence-electron chi connectivity index (χ3n) is 7.99. The van der Waals surface area contributed by atoms with Gasteiger partial charge in [-0.3, -0.25) is 9.97 Å². The minimum absolute atomic E-state index is 0.492. The molecular weight excluding hydrogens is 492 g/mol. The average molecular weight is 523 g/mol. The van der Waals surface area contributed by atoms with Crippen molar-refractivity contribution in [2.24, 2.45) is 0 Å². The van der Waals surface area contributed by atoms with Gasteiger partial charge in [-0.1, -0.05) is 36.4 Å². The summed E-state index contributed by atoms with van der Waals surface area (Å²) in [5.74, 6) is 1.81. The molecule has 7 rings (SSSR count). The Morgan fingerprint density at radius 2 is 0.925 bits per heavy atom. The molecule has 0 radical (unpaired) electrons. The van der Waals surface area contributed by atoms with Gasteiger partial charge in [-0.05, 0) is 87.4 Å². The molecule has 4 aromatic heterocycles. The van der Waals surface area contributed by atoms with Crippen LogP contribution in [0.15, 0.2) is 110 Å². The van der Waals surface area contributed by atoms with Crippen LogP contribution in [-0.2, 0) is 10.8 Å². The molecule has 6 heteroatoms. The van der Waals surface area contributed by atoms with Crippen molar-refractivity contribution in [2.45, 2.75) is 38.5 Å². The van der Waals surface area contributed by atoms with Crippen LogP contribution in [0.4, 0.5) is 0 Å². The second-order valence-electron chi connectivity index (χ2n) is 11.4. The van der Waals surface area contributed by atoms with Crippen molar-refractivity contribution in [1.82, 2.24) is 29.1 Å². The van der Waals surface area contributed by atoms with Gasteiger partial charge < -0.3 is 9.13 Å². The van der Waals surface area contributed by atoms with E-state index in [1.54, 1.807) is 0 Å². The Hall–Kier alpha value is -4.84. The molecule has 0 fully saturated rings. The zero-order valence-electron chi connectivity index (χ0n) is 23.1. The Morgan fingerprint density at radius 1 is 0.525 bits per heavy atom. The fraction of sp³-hybridized carbons (Fsp3) is 0.176. The molecule has 1 aliphatic heterocycles. The number of hydrogen-bond acceptors (Lipinski definition) is 4. The predicted octanol–water partition coefficient (Wildman–Crippen LogP) is 7.15. The molecule has 6 nitrogen and oxygen atoms in total. The number of nitrogens with zero attached hydrogens (tertiary/aromatic N) is 6. The highest BCUT2D eigenvalue weighted by atomic mass is 15.1. The van der Waals surface area contributed by atoms with Crippen LogP contribution in [0.1, 0.15) is 50.7 Å². The van der Waals surface area contributed by atoms with Crippen LogP contribution in [0, 0.1) is 0 Å². The minimum Gasteiger partial charge on any atom is -0.302 e. The molecule has 0 unspecified atom stereocenters. The molecule has 0 amide bonds. The molecule has 2 aromatic carbocycles. The fourth-order valence-electron chi connectivity index (χ4n) is 5.59. The average Bonchev–Trinajstić information content (AvgIpc) is 3.64. The summed E-state index contributed by atoms with van der Waals surface area (Å²) < 4.78 is 4.36. The van der Waals surface area contributed by atoms with Crippen LogP contribution >= 0.6 is 0 Å². The standard InChI is InChI=1S/C34H30N6/c1-33(2)29-19-23(15-17-35-29)24-16-18-36-30(20-24)34(3,4)32-38-28(22-40(32)26-13-9-6-10-14-26)27-21-39(31(33)37-27)25-11-7-5-8-12-25/h5-22H,1-4H3. The number of aromatic nitrogens is 6. The molecule has 0 aliphatic carbocycles. The largest absolute Gasteiger partial charge is 0.302 e. The Morgan fingerprint density at radius 3 is 1.32 bits per heavy atom. The lowest BCUT2D eigenvalue weighted by atomic mass is 9.84. The van der Waals surface area contributed by atoms with Gasteiger partial charge in [0.2, 0.25) is 0 Å². The van der Waals surface area contributed by atoms with Gasteiger partial charge in [0.25, 0.3) is 0 Å². The zero-order valence-corrected chi connectivity index (χ0v) is 23.1. The van der Waals surface area contributed by atoms with Crippen LogP contribution in [0.25, 0.3) is 33.9 Å². The van der Waals surface area contributed by atoms with E-state index >= 15 is 0 Å². The molecule has 0 saturated heterocycles. The minimum atomic E-state index is -0.492. The summed E-state index contributed by atoms with van der Waals surface area (Å²) in [7, 11) is 0. The fourth-order valence-corrected chi connectivity index (χ4v) is 5.59. The normalized spacial score (nSPS) is 14.9. The summed E-state index contributed by atoms with van der Waals surface area (Å²) in [4.78, 5) is 20.2. The van der Waals surface area contributed by atoms with Gasteiger partial charge in [-0.15, -0.1) is 0 Å². The summed E-state index contributed by atoms with van der Waals surface area (Å²) in [5, 5.41) is 0. The van der Waals surface area contributed by atoms with Gasteiger partial charge in [-0.25, -0.2) is 9.97 Å². The number of rotatable bonds is 2. The smallest absolute Gasteiger partial charge is 0.125 e. The van der Waals surface area contributed by atoms with E-state index < -0.39 is 10.8 Å². The number of hydrogen-bond donors (Lipinski definition) is 0. The van der Waals surface area contributed by atoms with E-state index in [4.69, 9.17) is 19.9 Å². The van der Waals surface area contributed by atoms with Crippen molar-refractivity contribution in [2.75, 3.05) is 0 Å². The lowest BCUT2D eigenvalue weighted by Gasteiger charge is -2.26. The quantitative estimate of drug-likeness (QED) is 0.242. The number of benzene rings is 2. The van der Waals surface area contributed by atoms with Crippen LogP contribution in [0.5, 0.6) is 0 Å². The lowest BCUT2D eigenvalue weighted by Crippen LogP contribution is -2.26. The molecular formula is C34H30N6. The lowest BCUT2D eigenvalue weighted by molar-refractivity contribution is 0.560. The Labute approximate surface area is 234 Å². The van der Waals surface area contributed by atoms with E-state index in [0.29, 0.717) is 0 Å². The molecule has 5 heterocycles. The molecule has 40 heavy (non-hydrogen) atoms. The SMILES string of the molecule is CC1(C)c2cc(ccn2)-c2ccnc(c2)C(C)(C)c2nc(cn2-c2ccccc2)-c2cn(-c3ccccc3)c1n2. The Bertz CT molecular complexity index is 1710. The van der Waals surface area contributed by atoms with Crippen LogP contribution in [0.2, 0.25) is 0 Å². The number of imidazole rings is 2. The molecule has 196 valence electrons. The van der Waals surface area contributed by atoms with Crippen molar-refractivity contribution in [3.8, 4) is 33.9 Å². The predicted molar refractivity (Wildman–Crippen MR) is 158 cm³/mol. The summed E-state index contributed by atoms with van der Waals surface area (Å²) >= 11 is 0. The van der Waals surface area contributed by atoms with E-state index in [2.05, 4.69) is 122 Å². The van der Waals surface area contributed by atoms with Gasteiger partial charge in [0.15, 0.2) is 0 Å². The summed E-state index contributed by atoms with van der Waals surface area (Å²) in [5.41, 5.74) is 6.82. The summed E-state index contributed by atoms with van der Waals surface area (Å²) in [6.45, 7) is 8.74. The van der Waals surface area contributed by atoms with Gasteiger partial charge in [0.1, 0.15) is 23.0 Å². The maximum absolute atomic E-state index is 5.27. The van der Waals surface area contributed by atoms with E-state index in [9.17, 15) is 0 Å². The van der Waals surface area contributed by atoms with Crippen LogP contribution in [0.3, 0.4) is 0 Å². The van der Waals surface area contributed by atoms with Crippen molar-refractivity contribution in [3.63, 3.8) is 0 Å². The molecule has 8 bridgehead atoms. The molecule has 0 saturated carbocycles. The van der Waals surface area contributed by atoms with E-state index in [-0.39, 0.29) is 0 Å². The first-order valence-electron chi connectivity index (χ1n) is 13.6. The van der Waals surface area contributed by atoms with E-state index in [1.807, 2.05) is 24.5 Å². The topological polar surface area (TPSA) is 61.4 Å². The number of para-hydroxylation sites is 2. The van der Waals surface area contributed by atoms with E-state index in [0.717, 1.165) is 56.9 Å². The highest BCUT2D eigenvalue weighted by Gasteiger charge is 2.35. The molecule has 1 aliphatic rings. The van der Waals surface area contributed by atoms with Gasteiger partial charge in [0, 0.05) is 36.2 Å². The molecule has 0 atom stereocenters. The van der Waals surface area contributed by atoms with Crippen molar-refractivity contribution in [3.05, 3.63) is 133 Å². The number of pyridine rings is 2. The molecule has 0 spiro atoms. The highest BCUT2D eigenvalue weighted by molar-refractivity contribution is 5.65. The first-order chi connectivity index (χ1) is 19.3. The van der Waals surface area contributed by atoms with Crippen molar-refractivity contribution in [1.29, 1.82) is 0 Å². The summed E-state index contributed by atoms with van der Waals surface area (Å²) in [6.07, 6.45) is 7.99. The first kappa shape index (κ1) is 24.2.